The standard InChI is InChI=1S/C12H18ClNO3S2/c1-5-12(3,4)11(15)14-8(2)9-6-7-10(18-9)19(13,16)17/h6-8H,5H2,1-4H3,(H,14,15). The minimum atomic E-state index is -3.70. The molecule has 1 rings (SSSR count). The highest BCUT2D eigenvalue weighted by Crippen LogP contribution is 2.29. The Hall–Kier alpha value is -0.590. The van der Waals surface area contributed by atoms with Crippen molar-refractivity contribution in [1.82, 2.24) is 5.32 Å². The van der Waals surface area contributed by atoms with Gasteiger partial charge in [-0.15, -0.1) is 11.3 Å². The molecule has 0 aliphatic heterocycles. The van der Waals surface area contributed by atoms with Crippen LogP contribution in [0, 0.1) is 5.41 Å². The summed E-state index contributed by atoms with van der Waals surface area (Å²) in [6.45, 7) is 7.52. The molecular formula is C12H18ClNO3S2. The first-order valence-electron chi connectivity index (χ1n) is 5.93. The first-order chi connectivity index (χ1) is 8.58. The lowest BCUT2D eigenvalue weighted by Crippen LogP contribution is -2.37. The molecule has 0 aromatic carbocycles. The van der Waals surface area contributed by atoms with E-state index in [2.05, 4.69) is 5.32 Å². The van der Waals surface area contributed by atoms with E-state index >= 15 is 0 Å². The van der Waals surface area contributed by atoms with Gasteiger partial charge in [0.15, 0.2) is 0 Å². The van der Waals surface area contributed by atoms with Gasteiger partial charge in [0.25, 0.3) is 9.05 Å². The van der Waals surface area contributed by atoms with Crippen LogP contribution in [0.4, 0.5) is 0 Å². The summed E-state index contributed by atoms with van der Waals surface area (Å²) in [5.41, 5.74) is -0.438. The molecule has 19 heavy (non-hydrogen) atoms. The van der Waals surface area contributed by atoms with Gasteiger partial charge in [0.2, 0.25) is 5.91 Å². The average molecular weight is 324 g/mol. The summed E-state index contributed by atoms with van der Waals surface area (Å²) < 4.78 is 22.5. The SMILES string of the molecule is CCC(C)(C)C(=O)NC(C)c1ccc(S(=O)(=O)Cl)s1. The van der Waals surface area contributed by atoms with E-state index in [0.29, 0.717) is 0 Å². The summed E-state index contributed by atoms with van der Waals surface area (Å²) in [6.07, 6.45) is 0.733. The van der Waals surface area contributed by atoms with E-state index < -0.39 is 14.5 Å². The number of nitrogens with one attached hydrogen (secondary N) is 1. The number of rotatable bonds is 5. The van der Waals surface area contributed by atoms with E-state index in [1.165, 1.54) is 6.07 Å². The van der Waals surface area contributed by atoms with Crippen LogP contribution in [-0.4, -0.2) is 14.3 Å². The van der Waals surface area contributed by atoms with Crippen LogP contribution in [0.5, 0.6) is 0 Å². The normalized spacial score (nSPS) is 14.2. The van der Waals surface area contributed by atoms with E-state index in [9.17, 15) is 13.2 Å². The van der Waals surface area contributed by atoms with Gasteiger partial charge >= 0.3 is 0 Å². The highest BCUT2D eigenvalue weighted by atomic mass is 35.7. The molecule has 0 saturated heterocycles. The van der Waals surface area contributed by atoms with E-state index in [4.69, 9.17) is 10.7 Å². The number of hydrogen-bond donors (Lipinski definition) is 1. The molecule has 7 heteroatoms. The van der Waals surface area contributed by atoms with Crippen LogP contribution >= 0.6 is 22.0 Å². The maximum Gasteiger partial charge on any atom is 0.270 e. The summed E-state index contributed by atoms with van der Waals surface area (Å²) in [5, 5.41) is 2.89. The maximum atomic E-state index is 12.0. The lowest BCUT2D eigenvalue weighted by atomic mass is 9.89. The van der Waals surface area contributed by atoms with Gasteiger partial charge in [-0.3, -0.25) is 4.79 Å². The van der Waals surface area contributed by atoms with Crippen molar-refractivity contribution in [1.29, 1.82) is 0 Å². The van der Waals surface area contributed by atoms with Gasteiger partial charge in [0.05, 0.1) is 6.04 Å². The second-order valence-corrected chi connectivity index (χ2v) is 8.94. The summed E-state index contributed by atoms with van der Waals surface area (Å²) in [4.78, 5) is 12.8. The molecule has 0 spiro atoms. The predicted octanol–water partition coefficient (Wildman–Crippen LogP) is 3.29. The van der Waals surface area contributed by atoms with Crippen LogP contribution in [0.3, 0.4) is 0 Å². The second kappa shape index (κ2) is 5.81. The fourth-order valence-electron chi connectivity index (χ4n) is 1.32. The number of hydrogen-bond acceptors (Lipinski definition) is 4. The zero-order chi connectivity index (χ0) is 14.8. The lowest BCUT2D eigenvalue weighted by molar-refractivity contribution is -0.130. The second-order valence-electron chi connectivity index (χ2n) is 5.03. The number of halogens is 1. The molecule has 108 valence electrons. The Labute approximate surface area is 122 Å². The largest absolute Gasteiger partial charge is 0.348 e. The molecule has 1 amide bonds. The third-order valence-corrected chi connectivity index (χ3v) is 6.48. The topological polar surface area (TPSA) is 63.2 Å². The van der Waals surface area contributed by atoms with Crippen molar-refractivity contribution in [2.45, 2.75) is 44.4 Å². The Balaban J connectivity index is 2.83. The summed E-state index contributed by atoms with van der Waals surface area (Å²) >= 11 is 1.07. The third-order valence-electron chi connectivity index (χ3n) is 3.12. The van der Waals surface area contributed by atoms with Gasteiger partial charge in [-0.05, 0) is 25.5 Å². The van der Waals surface area contributed by atoms with E-state index in [0.717, 1.165) is 22.6 Å². The van der Waals surface area contributed by atoms with Crippen molar-refractivity contribution in [3.8, 4) is 0 Å². The van der Waals surface area contributed by atoms with Crippen molar-refractivity contribution in [2.24, 2.45) is 5.41 Å². The Morgan fingerprint density at radius 2 is 2.05 bits per heavy atom. The quantitative estimate of drug-likeness (QED) is 0.846. The van der Waals surface area contributed by atoms with Gasteiger partial charge in [-0.25, -0.2) is 8.42 Å². The monoisotopic (exact) mass is 323 g/mol. The molecule has 1 unspecified atom stereocenters. The first-order valence-corrected chi connectivity index (χ1v) is 9.06. The molecular weight excluding hydrogens is 306 g/mol. The van der Waals surface area contributed by atoms with Gasteiger partial charge in [0.1, 0.15) is 4.21 Å². The fraction of sp³-hybridized carbons (Fsp3) is 0.583. The molecule has 4 nitrogen and oxygen atoms in total. The van der Waals surface area contributed by atoms with Crippen LogP contribution in [0.2, 0.25) is 0 Å². The van der Waals surface area contributed by atoms with Crippen molar-refractivity contribution in [3.63, 3.8) is 0 Å². The molecule has 0 aliphatic carbocycles. The molecule has 0 radical (unpaired) electrons. The van der Waals surface area contributed by atoms with Gasteiger partial charge < -0.3 is 5.32 Å². The van der Waals surface area contributed by atoms with Crippen molar-refractivity contribution in [2.75, 3.05) is 0 Å². The van der Waals surface area contributed by atoms with Crippen molar-refractivity contribution >= 4 is 37.0 Å². The van der Waals surface area contributed by atoms with Crippen molar-refractivity contribution in [3.05, 3.63) is 17.0 Å². The van der Waals surface area contributed by atoms with Crippen molar-refractivity contribution < 1.29 is 13.2 Å². The number of amides is 1. The molecule has 0 bridgehead atoms. The Kier molecular flexibility index (Phi) is 5.03. The van der Waals surface area contributed by atoms with Gasteiger partial charge in [-0.1, -0.05) is 20.8 Å². The summed E-state index contributed by atoms with van der Waals surface area (Å²) in [7, 11) is 1.57. The lowest BCUT2D eigenvalue weighted by Gasteiger charge is -2.24. The van der Waals surface area contributed by atoms with E-state index in [1.54, 1.807) is 6.07 Å². The van der Waals surface area contributed by atoms with Gasteiger partial charge in [0, 0.05) is 21.0 Å². The molecule has 1 heterocycles. The summed E-state index contributed by atoms with van der Waals surface area (Å²) in [6, 6.07) is 2.88. The zero-order valence-corrected chi connectivity index (χ0v) is 13.7. The third kappa shape index (κ3) is 4.19. The minimum absolute atomic E-state index is 0.0498. The van der Waals surface area contributed by atoms with E-state index in [1.807, 2.05) is 27.7 Å². The Bertz CT molecular complexity index is 563. The first kappa shape index (κ1) is 16.5. The minimum Gasteiger partial charge on any atom is -0.348 e. The Morgan fingerprint density at radius 3 is 2.47 bits per heavy atom. The Morgan fingerprint density at radius 1 is 1.47 bits per heavy atom. The maximum absolute atomic E-state index is 12.0. The zero-order valence-electron chi connectivity index (χ0n) is 11.4. The van der Waals surface area contributed by atoms with Crippen LogP contribution in [-0.2, 0) is 13.8 Å². The molecule has 0 aliphatic rings. The fourth-order valence-corrected chi connectivity index (χ4v) is 3.42. The number of carbonyl (C=O) groups is 1. The molecule has 1 aromatic rings. The molecule has 1 N–H and O–H groups in total. The van der Waals surface area contributed by atoms with Crippen LogP contribution in [0.1, 0.15) is 45.0 Å². The average Bonchev–Trinajstić information content (AvgIpc) is 2.77. The van der Waals surface area contributed by atoms with Crippen LogP contribution in [0.25, 0.3) is 0 Å². The predicted molar refractivity (Wildman–Crippen MR) is 78.0 cm³/mol. The number of thiophene rings is 1. The molecule has 0 saturated carbocycles. The number of carbonyl (C=O) groups excluding carboxylic acids is 1. The highest BCUT2D eigenvalue weighted by molar-refractivity contribution is 8.15. The van der Waals surface area contributed by atoms with Crippen LogP contribution < -0.4 is 5.32 Å². The summed E-state index contributed by atoms with van der Waals surface area (Å²) in [5.74, 6) is -0.0498. The molecule has 1 atom stereocenters. The van der Waals surface area contributed by atoms with E-state index in [-0.39, 0.29) is 16.2 Å². The van der Waals surface area contributed by atoms with Crippen LogP contribution in [0.15, 0.2) is 16.3 Å². The van der Waals surface area contributed by atoms with Gasteiger partial charge in [-0.2, -0.15) is 0 Å². The molecule has 1 aromatic heterocycles. The smallest absolute Gasteiger partial charge is 0.270 e. The highest BCUT2D eigenvalue weighted by Gasteiger charge is 2.27. The molecule has 0 fully saturated rings.